The van der Waals surface area contributed by atoms with Gasteiger partial charge in [-0.15, -0.1) is 0 Å². The van der Waals surface area contributed by atoms with Gasteiger partial charge >= 0.3 is 6.03 Å². The minimum absolute atomic E-state index is 0.316. The van der Waals surface area contributed by atoms with Crippen molar-refractivity contribution in [2.45, 2.75) is 70.1 Å². The number of amides is 2. The van der Waals surface area contributed by atoms with Crippen LogP contribution in [-0.2, 0) is 11.3 Å². The Hall–Kier alpha value is -3.71. The minimum Gasteiger partial charge on any atom is -0.490 e. The number of hydrogen-bond acceptors (Lipinski definition) is 4. The number of nitrogens with zero attached hydrogens (tertiary/aromatic N) is 3. The molecule has 0 unspecified atom stereocenters. The molecule has 3 aliphatic rings. The van der Waals surface area contributed by atoms with Gasteiger partial charge in [0.25, 0.3) is 0 Å². The third-order valence-electron chi connectivity index (χ3n) is 8.36. The number of likely N-dealkylation sites (tertiary alicyclic amines) is 1. The van der Waals surface area contributed by atoms with Crippen molar-refractivity contribution >= 4 is 17.6 Å². The molecule has 2 heterocycles. The number of allylic oxidation sites excluding steroid dienone is 2. The Kier molecular flexibility index (Phi) is 9.35. The first-order valence-corrected chi connectivity index (χ1v) is 14.8. The van der Waals surface area contributed by atoms with Gasteiger partial charge in [0.2, 0.25) is 0 Å². The number of ether oxygens (including phenoxy) is 1. The molecular weight excluding hydrogens is 515 g/mol. The zero-order chi connectivity index (χ0) is 28.7. The van der Waals surface area contributed by atoms with Crippen molar-refractivity contribution in [1.29, 1.82) is 0 Å². The molecule has 2 aliphatic heterocycles. The molecular formula is C34H41FN4O2. The fourth-order valence-corrected chi connectivity index (χ4v) is 6.28. The SMILES string of the molecule is C=C(/C=C(\C=C/C)CN1CCC2(CC1)C(NC1CCCCC1)=NC(=O)N2c1cccc(F)c1)OCc1ccccc1. The summed E-state index contributed by atoms with van der Waals surface area (Å²) in [7, 11) is 0. The zero-order valence-electron chi connectivity index (χ0n) is 24.0. The summed E-state index contributed by atoms with van der Waals surface area (Å²) in [6, 6.07) is 16.4. The molecule has 1 saturated carbocycles. The second-order valence-corrected chi connectivity index (χ2v) is 11.3. The third-order valence-corrected chi connectivity index (χ3v) is 8.36. The van der Waals surface area contributed by atoms with Crippen molar-refractivity contribution in [3.8, 4) is 0 Å². The van der Waals surface area contributed by atoms with E-state index in [2.05, 4.69) is 27.9 Å². The summed E-state index contributed by atoms with van der Waals surface area (Å²) in [5.74, 6) is 1.03. The van der Waals surface area contributed by atoms with Gasteiger partial charge in [-0.05, 0) is 68.0 Å². The molecule has 1 aliphatic carbocycles. The molecule has 1 saturated heterocycles. The average Bonchev–Trinajstić information content (AvgIpc) is 3.24. The Labute approximate surface area is 243 Å². The number of amidine groups is 1. The van der Waals surface area contributed by atoms with E-state index in [1.165, 1.54) is 31.4 Å². The summed E-state index contributed by atoms with van der Waals surface area (Å²) in [5, 5.41) is 3.68. The van der Waals surface area contributed by atoms with Crippen molar-refractivity contribution in [3.05, 3.63) is 102 Å². The minimum atomic E-state index is -0.605. The van der Waals surface area contributed by atoms with Gasteiger partial charge in [0, 0.05) is 31.4 Å². The number of anilines is 1. The van der Waals surface area contributed by atoms with E-state index in [4.69, 9.17) is 4.74 Å². The molecule has 41 heavy (non-hydrogen) atoms. The highest BCUT2D eigenvalue weighted by atomic mass is 19.1. The normalized spacial score (nSPS) is 20.0. The predicted molar refractivity (Wildman–Crippen MR) is 163 cm³/mol. The highest BCUT2D eigenvalue weighted by Crippen LogP contribution is 2.39. The molecule has 0 atom stereocenters. The Morgan fingerprint density at radius 3 is 2.59 bits per heavy atom. The van der Waals surface area contributed by atoms with Crippen LogP contribution in [0.1, 0.15) is 57.4 Å². The summed E-state index contributed by atoms with van der Waals surface area (Å²) in [6.45, 7) is 8.89. The number of benzene rings is 2. The monoisotopic (exact) mass is 556 g/mol. The van der Waals surface area contributed by atoms with Crippen LogP contribution in [0.2, 0.25) is 0 Å². The lowest BCUT2D eigenvalue weighted by atomic mass is 9.83. The number of rotatable bonds is 9. The van der Waals surface area contributed by atoms with E-state index in [0.29, 0.717) is 36.9 Å². The molecule has 2 fully saturated rings. The van der Waals surface area contributed by atoms with Crippen molar-refractivity contribution < 1.29 is 13.9 Å². The second kappa shape index (κ2) is 13.3. The van der Waals surface area contributed by atoms with E-state index in [0.717, 1.165) is 49.4 Å². The lowest BCUT2D eigenvalue weighted by molar-refractivity contribution is 0.198. The third kappa shape index (κ3) is 6.96. The van der Waals surface area contributed by atoms with Crippen molar-refractivity contribution in [3.63, 3.8) is 0 Å². The van der Waals surface area contributed by atoms with E-state index >= 15 is 0 Å². The molecule has 0 radical (unpaired) electrons. The van der Waals surface area contributed by atoms with Crippen molar-refractivity contribution in [1.82, 2.24) is 10.2 Å². The summed E-state index contributed by atoms with van der Waals surface area (Å²) in [4.78, 5) is 22.0. The number of carbonyl (C=O) groups excluding carboxylic acids is 1. The van der Waals surface area contributed by atoms with E-state index in [9.17, 15) is 9.18 Å². The Morgan fingerprint density at radius 1 is 1.12 bits per heavy atom. The van der Waals surface area contributed by atoms with Crippen LogP contribution in [-0.4, -0.2) is 48.0 Å². The van der Waals surface area contributed by atoms with Crippen LogP contribution in [0.25, 0.3) is 0 Å². The smallest absolute Gasteiger partial charge is 0.350 e. The van der Waals surface area contributed by atoms with Crippen LogP contribution in [0.3, 0.4) is 0 Å². The molecule has 1 N–H and O–H groups in total. The average molecular weight is 557 g/mol. The zero-order valence-corrected chi connectivity index (χ0v) is 24.0. The van der Waals surface area contributed by atoms with Crippen molar-refractivity contribution in [2.24, 2.45) is 4.99 Å². The van der Waals surface area contributed by atoms with E-state index < -0.39 is 5.54 Å². The first-order valence-electron chi connectivity index (χ1n) is 14.8. The molecule has 0 bridgehead atoms. The van der Waals surface area contributed by atoms with Gasteiger partial charge in [-0.1, -0.05) is 74.4 Å². The quantitative estimate of drug-likeness (QED) is 0.263. The molecule has 0 aromatic heterocycles. The molecule has 2 amide bonds. The first-order chi connectivity index (χ1) is 20.0. The van der Waals surface area contributed by atoms with E-state index in [1.807, 2.05) is 55.5 Å². The van der Waals surface area contributed by atoms with Gasteiger partial charge in [-0.2, -0.15) is 4.99 Å². The number of nitrogens with one attached hydrogen (secondary N) is 1. The summed E-state index contributed by atoms with van der Waals surface area (Å²) in [5.41, 5.74) is 2.17. The number of carbonyl (C=O) groups is 1. The lowest BCUT2D eigenvalue weighted by Crippen LogP contribution is -2.62. The fourth-order valence-electron chi connectivity index (χ4n) is 6.28. The Balaban J connectivity index is 1.30. The Bertz CT molecular complexity index is 1310. The lowest BCUT2D eigenvalue weighted by Gasteiger charge is -2.46. The Morgan fingerprint density at radius 2 is 1.88 bits per heavy atom. The topological polar surface area (TPSA) is 57.2 Å². The summed E-state index contributed by atoms with van der Waals surface area (Å²) in [6.07, 6.45) is 13.4. The van der Waals surface area contributed by atoms with Crippen LogP contribution < -0.4 is 10.2 Å². The van der Waals surface area contributed by atoms with Gasteiger partial charge in [0.1, 0.15) is 29.6 Å². The van der Waals surface area contributed by atoms with Crippen molar-refractivity contribution in [2.75, 3.05) is 24.5 Å². The summed E-state index contributed by atoms with van der Waals surface area (Å²) < 4.78 is 20.2. The molecule has 1 spiro atoms. The maximum Gasteiger partial charge on any atom is 0.350 e. The number of aliphatic imine (C=N–C) groups is 1. The van der Waals surface area contributed by atoms with E-state index in [1.54, 1.807) is 11.0 Å². The number of halogens is 1. The largest absolute Gasteiger partial charge is 0.490 e. The number of urea groups is 1. The molecule has 2 aromatic rings. The van der Waals surface area contributed by atoms with Gasteiger partial charge < -0.3 is 10.1 Å². The van der Waals surface area contributed by atoms with Crippen LogP contribution in [0.15, 0.2) is 95.7 Å². The maximum atomic E-state index is 14.3. The fraction of sp³-hybridized carbons (Fsp3) is 0.412. The van der Waals surface area contributed by atoms with Crippen LogP contribution in [0.4, 0.5) is 14.9 Å². The predicted octanol–water partition coefficient (Wildman–Crippen LogP) is 7.15. The van der Waals surface area contributed by atoms with Crippen LogP contribution in [0, 0.1) is 5.82 Å². The second-order valence-electron chi connectivity index (χ2n) is 11.3. The van der Waals surface area contributed by atoms with Gasteiger partial charge in [-0.3, -0.25) is 9.80 Å². The van der Waals surface area contributed by atoms with Gasteiger partial charge in [0.15, 0.2) is 0 Å². The van der Waals surface area contributed by atoms with Gasteiger partial charge in [-0.25, -0.2) is 9.18 Å². The maximum absolute atomic E-state index is 14.3. The molecule has 6 nitrogen and oxygen atoms in total. The summed E-state index contributed by atoms with van der Waals surface area (Å²) >= 11 is 0. The van der Waals surface area contributed by atoms with Gasteiger partial charge in [0.05, 0.1) is 0 Å². The molecule has 7 heteroatoms. The number of hydrogen-bond donors (Lipinski definition) is 1. The molecule has 216 valence electrons. The van der Waals surface area contributed by atoms with E-state index in [-0.39, 0.29) is 11.8 Å². The first kappa shape index (κ1) is 28.8. The van der Waals surface area contributed by atoms with Crippen LogP contribution >= 0.6 is 0 Å². The molecule has 2 aromatic carbocycles. The highest BCUT2D eigenvalue weighted by Gasteiger charge is 2.52. The highest BCUT2D eigenvalue weighted by molar-refractivity contribution is 6.16. The number of piperidine rings is 1. The standard InChI is InChI=1S/C34H41FN4O2/c1-3-11-28(22-26(2)41-25-27-12-6-4-7-13-27)24-38-20-18-34(19-21-38)32(36-30-15-8-5-9-16-30)37-33(40)39(34)31-17-10-14-29(35)23-31/h3-4,6-7,10-14,17,22-23,30H,2,5,8-9,15-16,18-21,24-25H2,1H3,(H,36,37,40)/b11-3-,28-22+. The van der Waals surface area contributed by atoms with Crippen LogP contribution in [0.5, 0.6) is 0 Å². The molecule has 5 rings (SSSR count).